The summed E-state index contributed by atoms with van der Waals surface area (Å²) in [4.78, 5) is 16.8. The van der Waals surface area contributed by atoms with Gasteiger partial charge in [0.1, 0.15) is 0 Å². The Morgan fingerprint density at radius 1 is 0.920 bits per heavy atom. The fraction of sp³-hybridized carbons (Fsp3) is 0.381. The highest BCUT2D eigenvalue weighted by Gasteiger charge is 2.20. The van der Waals surface area contributed by atoms with Crippen LogP contribution in [0.5, 0.6) is 0 Å². The summed E-state index contributed by atoms with van der Waals surface area (Å²) in [5.74, 6) is 0.180. The molecule has 4 nitrogen and oxygen atoms in total. The first-order valence-electron chi connectivity index (χ1n) is 9.11. The third kappa shape index (κ3) is 5.07. The summed E-state index contributed by atoms with van der Waals surface area (Å²) in [5, 5.41) is 3.24. The van der Waals surface area contributed by atoms with Crippen LogP contribution in [0.2, 0.25) is 0 Å². The molecule has 132 valence electrons. The van der Waals surface area contributed by atoms with Gasteiger partial charge in [-0.15, -0.1) is 0 Å². The number of nitrogens with one attached hydrogen (secondary N) is 1. The minimum atomic E-state index is 0.180. The quantitative estimate of drug-likeness (QED) is 0.880. The van der Waals surface area contributed by atoms with Gasteiger partial charge in [0.25, 0.3) is 0 Å². The van der Waals surface area contributed by atoms with Crippen LogP contribution >= 0.6 is 0 Å². The van der Waals surface area contributed by atoms with Gasteiger partial charge >= 0.3 is 0 Å². The van der Waals surface area contributed by atoms with Gasteiger partial charge in [-0.2, -0.15) is 0 Å². The molecule has 1 aliphatic heterocycles. The lowest BCUT2D eigenvalue weighted by Gasteiger charge is -2.34. The maximum atomic E-state index is 12.4. The van der Waals surface area contributed by atoms with Gasteiger partial charge in [0.15, 0.2) is 0 Å². The molecule has 0 spiro atoms. The van der Waals surface area contributed by atoms with E-state index >= 15 is 0 Å². The fourth-order valence-corrected chi connectivity index (χ4v) is 3.14. The Balaban J connectivity index is 1.41. The van der Waals surface area contributed by atoms with Crippen molar-refractivity contribution in [2.45, 2.75) is 19.9 Å². The van der Waals surface area contributed by atoms with Crippen LogP contribution in [0.4, 0.5) is 5.69 Å². The van der Waals surface area contributed by atoms with Crippen LogP contribution in [0, 0.1) is 0 Å². The molecule has 4 heteroatoms. The highest BCUT2D eigenvalue weighted by Crippen LogP contribution is 2.11. The van der Waals surface area contributed by atoms with E-state index in [0.29, 0.717) is 6.54 Å². The Hall–Kier alpha value is -2.33. The van der Waals surface area contributed by atoms with E-state index < -0.39 is 0 Å². The zero-order chi connectivity index (χ0) is 17.5. The molecule has 0 atom stereocenters. The summed E-state index contributed by atoms with van der Waals surface area (Å²) in [6.07, 6.45) is 1.03. The predicted molar refractivity (Wildman–Crippen MR) is 103 cm³/mol. The number of benzene rings is 2. The van der Waals surface area contributed by atoms with Crippen molar-refractivity contribution >= 4 is 11.6 Å². The van der Waals surface area contributed by atoms with Crippen LogP contribution < -0.4 is 5.32 Å². The second-order valence-electron chi connectivity index (χ2n) is 6.55. The van der Waals surface area contributed by atoms with Gasteiger partial charge in [-0.1, -0.05) is 49.4 Å². The lowest BCUT2D eigenvalue weighted by atomic mass is 10.1. The summed E-state index contributed by atoms with van der Waals surface area (Å²) in [5.41, 5.74) is 3.65. The van der Waals surface area contributed by atoms with Crippen molar-refractivity contribution in [2.75, 3.05) is 38.0 Å². The highest BCUT2D eigenvalue weighted by atomic mass is 16.2. The number of hydrogen-bond donors (Lipinski definition) is 1. The Labute approximate surface area is 150 Å². The number of hydrogen-bond acceptors (Lipinski definition) is 3. The van der Waals surface area contributed by atoms with Crippen LogP contribution in [0.1, 0.15) is 18.1 Å². The van der Waals surface area contributed by atoms with Gasteiger partial charge in [0.2, 0.25) is 5.91 Å². The van der Waals surface area contributed by atoms with Crippen LogP contribution in [0.3, 0.4) is 0 Å². The second kappa shape index (κ2) is 8.67. The van der Waals surface area contributed by atoms with Crippen molar-refractivity contribution in [1.82, 2.24) is 9.80 Å². The number of rotatable bonds is 6. The van der Waals surface area contributed by atoms with E-state index in [9.17, 15) is 4.79 Å². The molecule has 0 saturated carbocycles. The van der Waals surface area contributed by atoms with Crippen molar-refractivity contribution in [3.05, 3.63) is 65.7 Å². The minimum Gasteiger partial charge on any atom is -0.376 e. The van der Waals surface area contributed by atoms with E-state index in [1.54, 1.807) is 0 Å². The number of anilines is 1. The van der Waals surface area contributed by atoms with Crippen molar-refractivity contribution in [2.24, 2.45) is 0 Å². The molecule has 1 amide bonds. The molecule has 1 saturated heterocycles. The van der Waals surface area contributed by atoms with Crippen LogP contribution in [0.15, 0.2) is 54.6 Å². The van der Waals surface area contributed by atoms with Crippen LogP contribution in [-0.2, 0) is 17.8 Å². The first-order valence-corrected chi connectivity index (χ1v) is 9.11. The molecule has 0 radical (unpaired) electrons. The molecule has 0 bridgehead atoms. The van der Waals surface area contributed by atoms with E-state index in [-0.39, 0.29) is 5.91 Å². The Bertz CT molecular complexity index is 661. The molecule has 1 fully saturated rings. The topological polar surface area (TPSA) is 35.6 Å². The van der Waals surface area contributed by atoms with E-state index in [0.717, 1.165) is 44.8 Å². The van der Waals surface area contributed by atoms with Gasteiger partial charge < -0.3 is 10.2 Å². The van der Waals surface area contributed by atoms with Crippen molar-refractivity contribution in [3.63, 3.8) is 0 Å². The molecular formula is C21H27N3O. The minimum absolute atomic E-state index is 0.180. The normalized spacial score (nSPS) is 15.2. The lowest BCUT2D eigenvalue weighted by molar-refractivity contribution is -0.131. The number of piperazine rings is 1. The monoisotopic (exact) mass is 337 g/mol. The van der Waals surface area contributed by atoms with E-state index in [1.807, 2.05) is 23.1 Å². The Morgan fingerprint density at radius 2 is 1.60 bits per heavy atom. The number of aryl methyl sites for hydroxylation is 1. The lowest BCUT2D eigenvalue weighted by Crippen LogP contribution is -2.49. The van der Waals surface area contributed by atoms with Gasteiger partial charge in [-0.25, -0.2) is 0 Å². The van der Waals surface area contributed by atoms with E-state index in [1.165, 1.54) is 11.1 Å². The third-order valence-electron chi connectivity index (χ3n) is 4.78. The number of nitrogens with zero attached hydrogens (tertiary/aromatic N) is 2. The van der Waals surface area contributed by atoms with Crippen molar-refractivity contribution in [1.29, 1.82) is 0 Å². The zero-order valence-corrected chi connectivity index (χ0v) is 14.9. The highest BCUT2D eigenvalue weighted by molar-refractivity contribution is 5.81. The van der Waals surface area contributed by atoms with Crippen LogP contribution in [-0.4, -0.2) is 48.4 Å². The average Bonchev–Trinajstić information content (AvgIpc) is 2.68. The number of amides is 1. The molecule has 0 aliphatic carbocycles. The van der Waals surface area contributed by atoms with Crippen molar-refractivity contribution < 1.29 is 4.79 Å². The molecule has 2 aromatic carbocycles. The summed E-state index contributed by atoms with van der Waals surface area (Å²) < 4.78 is 0. The predicted octanol–water partition coefficient (Wildman–Crippen LogP) is 3.01. The molecule has 1 N–H and O–H groups in total. The van der Waals surface area contributed by atoms with Gasteiger partial charge in [-0.05, 0) is 29.7 Å². The maximum Gasteiger partial charge on any atom is 0.241 e. The molecule has 3 rings (SSSR count). The SMILES string of the molecule is CCc1ccc(NCC(=O)N2CCN(Cc3ccccc3)CC2)cc1. The molecule has 0 aromatic heterocycles. The summed E-state index contributed by atoms with van der Waals surface area (Å²) in [7, 11) is 0. The zero-order valence-electron chi connectivity index (χ0n) is 14.9. The molecule has 1 heterocycles. The van der Waals surface area contributed by atoms with Gasteiger partial charge in [0, 0.05) is 38.4 Å². The Morgan fingerprint density at radius 3 is 2.24 bits per heavy atom. The number of carbonyl (C=O) groups excluding carboxylic acids is 1. The first kappa shape index (κ1) is 17.5. The third-order valence-corrected chi connectivity index (χ3v) is 4.78. The summed E-state index contributed by atoms with van der Waals surface area (Å²) in [6, 6.07) is 18.8. The van der Waals surface area contributed by atoms with E-state index in [2.05, 4.69) is 53.5 Å². The smallest absolute Gasteiger partial charge is 0.241 e. The number of carbonyl (C=O) groups is 1. The Kier molecular flexibility index (Phi) is 6.07. The average molecular weight is 337 g/mol. The molecule has 25 heavy (non-hydrogen) atoms. The fourth-order valence-electron chi connectivity index (χ4n) is 3.14. The van der Waals surface area contributed by atoms with E-state index in [4.69, 9.17) is 0 Å². The van der Waals surface area contributed by atoms with Crippen molar-refractivity contribution in [3.8, 4) is 0 Å². The standard InChI is InChI=1S/C21H27N3O/c1-2-18-8-10-20(11-9-18)22-16-21(25)24-14-12-23(13-15-24)17-19-6-4-3-5-7-19/h3-11,22H,2,12-17H2,1H3. The largest absolute Gasteiger partial charge is 0.376 e. The van der Waals surface area contributed by atoms with Crippen LogP contribution in [0.25, 0.3) is 0 Å². The molecule has 0 unspecified atom stereocenters. The van der Waals surface area contributed by atoms with Gasteiger partial charge in [-0.3, -0.25) is 9.69 Å². The summed E-state index contributed by atoms with van der Waals surface area (Å²) in [6.45, 7) is 6.96. The molecule has 2 aromatic rings. The molecule has 1 aliphatic rings. The first-order chi connectivity index (χ1) is 12.2. The second-order valence-corrected chi connectivity index (χ2v) is 6.55. The van der Waals surface area contributed by atoms with Gasteiger partial charge in [0.05, 0.1) is 6.54 Å². The maximum absolute atomic E-state index is 12.4. The molecular weight excluding hydrogens is 310 g/mol. The summed E-state index contributed by atoms with van der Waals surface area (Å²) >= 11 is 0.